The van der Waals surface area contributed by atoms with Crippen LogP contribution in [-0.2, 0) is 9.47 Å². The predicted octanol–water partition coefficient (Wildman–Crippen LogP) is 3.07. The number of hydrogen-bond acceptors (Lipinski definition) is 3. The summed E-state index contributed by atoms with van der Waals surface area (Å²) in [5, 5.41) is 4.31. The third-order valence-electron chi connectivity index (χ3n) is 3.68. The van der Waals surface area contributed by atoms with Gasteiger partial charge in [-0.05, 0) is 41.5 Å². The van der Waals surface area contributed by atoms with E-state index in [9.17, 15) is 0 Å². The fraction of sp³-hybridized carbons (Fsp3) is 0.769. The van der Waals surface area contributed by atoms with Gasteiger partial charge in [0.25, 0.3) is 0 Å². The van der Waals surface area contributed by atoms with Crippen LogP contribution in [0, 0.1) is 0 Å². The molecule has 1 fully saturated rings. The molecule has 0 unspecified atom stereocenters. The van der Waals surface area contributed by atoms with E-state index >= 15 is 0 Å². The topological polar surface area (TPSA) is 36.3 Å². The Morgan fingerprint density at radius 3 is 2.12 bits per heavy atom. The van der Waals surface area contributed by atoms with Gasteiger partial charge in [0, 0.05) is 17.8 Å². The summed E-state index contributed by atoms with van der Waals surface area (Å²) in [6.07, 6.45) is 3.50. The molecule has 1 aromatic heterocycles. The molecule has 0 amide bonds. The second kappa shape index (κ2) is 3.82. The zero-order valence-corrected chi connectivity index (χ0v) is 11.5. The summed E-state index contributed by atoms with van der Waals surface area (Å²) in [4.78, 5) is 0. The van der Waals surface area contributed by atoms with Crippen molar-refractivity contribution >= 4 is 0 Å². The van der Waals surface area contributed by atoms with Crippen molar-refractivity contribution in [2.75, 3.05) is 0 Å². The van der Waals surface area contributed by atoms with Crippen molar-refractivity contribution in [1.29, 1.82) is 0 Å². The molecule has 0 aromatic carbocycles. The molecule has 0 saturated carbocycles. The van der Waals surface area contributed by atoms with E-state index in [4.69, 9.17) is 9.47 Å². The van der Waals surface area contributed by atoms with E-state index in [0.29, 0.717) is 6.04 Å². The first-order valence-electron chi connectivity index (χ1n) is 6.12. The highest BCUT2D eigenvalue weighted by Gasteiger charge is 2.49. The SMILES string of the molecule is CC(C)n1cc(C2OC(C)(C)C(C)(C)O2)cn1. The van der Waals surface area contributed by atoms with Crippen molar-refractivity contribution in [3.63, 3.8) is 0 Å². The van der Waals surface area contributed by atoms with E-state index in [2.05, 4.69) is 46.6 Å². The molecule has 0 aliphatic carbocycles. The Hall–Kier alpha value is -0.870. The van der Waals surface area contributed by atoms with Gasteiger partial charge in [-0.1, -0.05) is 0 Å². The van der Waals surface area contributed by atoms with Crippen molar-refractivity contribution in [3.8, 4) is 0 Å². The van der Waals surface area contributed by atoms with Crippen LogP contribution >= 0.6 is 0 Å². The Balaban J connectivity index is 2.20. The Morgan fingerprint density at radius 1 is 1.18 bits per heavy atom. The number of nitrogens with zero attached hydrogens (tertiary/aromatic N) is 2. The van der Waals surface area contributed by atoms with Crippen molar-refractivity contribution in [1.82, 2.24) is 9.78 Å². The summed E-state index contributed by atoms with van der Waals surface area (Å²) >= 11 is 0. The van der Waals surface area contributed by atoms with E-state index in [0.717, 1.165) is 5.56 Å². The molecule has 0 bridgehead atoms. The summed E-state index contributed by atoms with van der Waals surface area (Å²) in [7, 11) is 0. The van der Waals surface area contributed by atoms with Gasteiger partial charge in [-0.15, -0.1) is 0 Å². The summed E-state index contributed by atoms with van der Waals surface area (Å²) in [6.45, 7) is 12.4. The summed E-state index contributed by atoms with van der Waals surface area (Å²) in [5.41, 5.74) is 0.396. The van der Waals surface area contributed by atoms with E-state index in [1.807, 2.05) is 17.1 Å². The van der Waals surface area contributed by atoms with Gasteiger partial charge in [0.15, 0.2) is 6.29 Å². The lowest BCUT2D eigenvalue weighted by atomic mass is 9.90. The van der Waals surface area contributed by atoms with Crippen LogP contribution in [0.5, 0.6) is 0 Å². The minimum Gasteiger partial charge on any atom is -0.339 e. The molecule has 96 valence electrons. The van der Waals surface area contributed by atoms with Gasteiger partial charge in [-0.25, -0.2) is 0 Å². The average Bonchev–Trinajstić information content (AvgIpc) is 2.70. The van der Waals surface area contributed by atoms with Crippen LogP contribution in [0.4, 0.5) is 0 Å². The van der Waals surface area contributed by atoms with Crippen LogP contribution in [0.25, 0.3) is 0 Å². The quantitative estimate of drug-likeness (QED) is 0.794. The fourth-order valence-electron chi connectivity index (χ4n) is 1.74. The van der Waals surface area contributed by atoms with Crippen molar-refractivity contribution in [3.05, 3.63) is 18.0 Å². The fourth-order valence-corrected chi connectivity index (χ4v) is 1.74. The summed E-state index contributed by atoms with van der Waals surface area (Å²) in [5.74, 6) is 0. The third kappa shape index (κ3) is 2.11. The normalized spacial score (nSPS) is 23.5. The summed E-state index contributed by atoms with van der Waals surface area (Å²) in [6, 6.07) is 0.353. The number of hydrogen-bond donors (Lipinski definition) is 0. The molecule has 0 N–H and O–H groups in total. The molecule has 0 spiro atoms. The first-order chi connectivity index (χ1) is 7.73. The maximum absolute atomic E-state index is 5.97. The smallest absolute Gasteiger partial charge is 0.188 e. The monoisotopic (exact) mass is 238 g/mol. The van der Waals surface area contributed by atoms with E-state index in [1.165, 1.54) is 0 Å². The van der Waals surface area contributed by atoms with Gasteiger partial charge >= 0.3 is 0 Å². The number of rotatable bonds is 2. The molecule has 0 atom stereocenters. The van der Waals surface area contributed by atoms with Crippen LogP contribution in [0.1, 0.15) is 59.4 Å². The number of ether oxygens (including phenoxy) is 2. The molecule has 0 radical (unpaired) electrons. The minimum atomic E-state index is -0.313. The Bertz CT molecular complexity index is 391. The molecule has 17 heavy (non-hydrogen) atoms. The first kappa shape index (κ1) is 12.6. The van der Waals surface area contributed by atoms with Gasteiger partial charge in [0.05, 0.1) is 17.4 Å². The molecule has 1 saturated heterocycles. The van der Waals surface area contributed by atoms with Gasteiger partial charge in [-0.3, -0.25) is 4.68 Å². The van der Waals surface area contributed by atoms with Gasteiger partial charge in [-0.2, -0.15) is 5.10 Å². The Labute approximate surface area is 103 Å². The second-order valence-corrected chi connectivity index (χ2v) is 5.94. The van der Waals surface area contributed by atoms with Gasteiger partial charge in [0.1, 0.15) is 0 Å². The molecule has 1 aliphatic rings. The molecular formula is C13H22N2O2. The molecular weight excluding hydrogens is 216 g/mol. The van der Waals surface area contributed by atoms with Crippen LogP contribution in [0.2, 0.25) is 0 Å². The second-order valence-electron chi connectivity index (χ2n) is 5.94. The van der Waals surface area contributed by atoms with Crippen LogP contribution in [0.15, 0.2) is 12.4 Å². The first-order valence-corrected chi connectivity index (χ1v) is 6.12. The zero-order chi connectivity index (χ0) is 12.8. The molecule has 2 rings (SSSR count). The lowest BCUT2D eigenvalue weighted by Crippen LogP contribution is -2.41. The van der Waals surface area contributed by atoms with Gasteiger partial charge in [0.2, 0.25) is 0 Å². The highest BCUT2D eigenvalue weighted by atomic mass is 16.7. The lowest BCUT2D eigenvalue weighted by Gasteiger charge is -2.30. The summed E-state index contributed by atoms with van der Waals surface area (Å²) < 4.78 is 13.9. The van der Waals surface area contributed by atoms with Crippen LogP contribution in [0.3, 0.4) is 0 Å². The Morgan fingerprint density at radius 2 is 1.71 bits per heavy atom. The minimum absolute atomic E-state index is 0.294. The molecule has 4 nitrogen and oxygen atoms in total. The maximum Gasteiger partial charge on any atom is 0.188 e. The van der Waals surface area contributed by atoms with Crippen LogP contribution in [-0.4, -0.2) is 21.0 Å². The largest absolute Gasteiger partial charge is 0.339 e. The molecule has 4 heteroatoms. The predicted molar refractivity (Wildman–Crippen MR) is 65.7 cm³/mol. The molecule has 1 aliphatic heterocycles. The number of aromatic nitrogens is 2. The van der Waals surface area contributed by atoms with E-state index < -0.39 is 0 Å². The Kier molecular flexibility index (Phi) is 2.83. The van der Waals surface area contributed by atoms with Crippen molar-refractivity contribution in [2.24, 2.45) is 0 Å². The molecule has 1 aromatic rings. The highest BCUT2D eigenvalue weighted by Crippen LogP contribution is 2.44. The maximum atomic E-state index is 5.97. The average molecular weight is 238 g/mol. The van der Waals surface area contributed by atoms with E-state index in [-0.39, 0.29) is 17.5 Å². The lowest BCUT2D eigenvalue weighted by molar-refractivity contribution is -0.0896. The van der Waals surface area contributed by atoms with Gasteiger partial charge < -0.3 is 9.47 Å². The molecule has 2 heterocycles. The van der Waals surface area contributed by atoms with Crippen molar-refractivity contribution < 1.29 is 9.47 Å². The van der Waals surface area contributed by atoms with Crippen molar-refractivity contribution in [2.45, 2.75) is 65.1 Å². The third-order valence-corrected chi connectivity index (χ3v) is 3.68. The van der Waals surface area contributed by atoms with E-state index in [1.54, 1.807) is 0 Å². The standard InChI is InChI=1S/C13H22N2O2/c1-9(2)15-8-10(7-14-15)11-16-12(3,4)13(5,6)17-11/h7-9,11H,1-6H3. The zero-order valence-electron chi connectivity index (χ0n) is 11.5. The highest BCUT2D eigenvalue weighted by molar-refractivity contribution is 5.10. The van der Waals surface area contributed by atoms with Crippen LogP contribution < -0.4 is 0 Å².